The molecule has 4 N–H and O–H groups in total. The van der Waals surface area contributed by atoms with E-state index in [-0.39, 0.29) is 5.91 Å². The lowest BCUT2D eigenvalue weighted by atomic mass is 9.98. The predicted molar refractivity (Wildman–Crippen MR) is 72.1 cm³/mol. The number of pyridine rings is 1. The molecule has 0 unspecified atom stereocenters. The number of likely N-dealkylation sites (N-methyl/N-ethyl adjacent to an activating group) is 1. The Balaban J connectivity index is 2.38. The second-order valence-electron chi connectivity index (χ2n) is 5.08. The maximum atomic E-state index is 12.2. The molecule has 6 heteroatoms. The van der Waals surface area contributed by atoms with Crippen LogP contribution in [0, 0.1) is 0 Å². The van der Waals surface area contributed by atoms with E-state index in [1.807, 2.05) is 25.8 Å². The molecule has 1 saturated heterocycles. The van der Waals surface area contributed by atoms with Crippen molar-refractivity contribution >= 4 is 23.2 Å². The predicted octanol–water partition coefficient (Wildman–Crippen LogP) is 0.303. The molecule has 1 aliphatic rings. The van der Waals surface area contributed by atoms with E-state index in [4.69, 9.17) is 11.5 Å². The van der Waals surface area contributed by atoms with Gasteiger partial charge in [-0.1, -0.05) is 0 Å². The highest BCUT2D eigenvalue weighted by Gasteiger charge is 2.41. The van der Waals surface area contributed by atoms with E-state index in [0.29, 0.717) is 23.9 Å². The molecule has 0 spiro atoms. The van der Waals surface area contributed by atoms with Gasteiger partial charge in [-0.2, -0.15) is 0 Å². The largest absolute Gasteiger partial charge is 0.396 e. The summed E-state index contributed by atoms with van der Waals surface area (Å²) in [6.07, 6.45) is 0. The molecule has 1 aromatic rings. The molecule has 1 aromatic heterocycles. The Kier molecular flexibility index (Phi) is 2.80. The quantitative estimate of drug-likeness (QED) is 0.747. The van der Waals surface area contributed by atoms with E-state index < -0.39 is 5.54 Å². The topological polar surface area (TPSA) is 88.5 Å². The fraction of sp³-hybridized carbons (Fsp3) is 0.500. The molecule has 98 valence electrons. The molecule has 18 heavy (non-hydrogen) atoms. The van der Waals surface area contributed by atoms with Crippen molar-refractivity contribution in [3.63, 3.8) is 0 Å². The fourth-order valence-corrected chi connectivity index (χ4v) is 2.24. The number of rotatable bonds is 1. The van der Waals surface area contributed by atoms with Crippen LogP contribution in [0.15, 0.2) is 12.1 Å². The van der Waals surface area contributed by atoms with Gasteiger partial charge in [0.2, 0.25) is 5.91 Å². The third-order valence-electron chi connectivity index (χ3n) is 3.42. The van der Waals surface area contributed by atoms with Crippen molar-refractivity contribution in [2.45, 2.75) is 19.4 Å². The molecule has 2 heterocycles. The minimum Gasteiger partial charge on any atom is -0.396 e. The Bertz CT molecular complexity index is 485. The van der Waals surface area contributed by atoms with E-state index in [1.54, 1.807) is 17.0 Å². The summed E-state index contributed by atoms with van der Waals surface area (Å²) in [5.74, 6) is 1.06. The first kappa shape index (κ1) is 12.5. The van der Waals surface area contributed by atoms with Crippen molar-refractivity contribution in [1.29, 1.82) is 0 Å². The van der Waals surface area contributed by atoms with Crippen LogP contribution in [0.4, 0.5) is 17.3 Å². The molecule has 6 nitrogen and oxygen atoms in total. The molecule has 0 bridgehead atoms. The maximum Gasteiger partial charge on any atom is 0.247 e. The molecule has 0 radical (unpaired) electrons. The summed E-state index contributed by atoms with van der Waals surface area (Å²) >= 11 is 0. The van der Waals surface area contributed by atoms with Crippen LogP contribution in [-0.2, 0) is 4.79 Å². The number of nitrogen functional groups attached to an aromatic ring is 2. The molecular weight excluding hydrogens is 230 g/mol. The van der Waals surface area contributed by atoms with Crippen LogP contribution in [0.5, 0.6) is 0 Å². The Morgan fingerprint density at radius 2 is 1.94 bits per heavy atom. The number of nitrogens with two attached hydrogens (primary N) is 2. The molecule has 0 aromatic carbocycles. The van der Waals surface area contributed by atoms with Gasteiger partial charge < -0.3 is 21.3 Å². The van der Waals surface area contributed by atoms with Gasteiger partial charge in [0.05, 0.1) is 5.69 Å². The van der Waals surface area contributed by atoms with Crippen molar-refractivity contribution < 1.29 is 4.79 Å². The number of piperazine rings is 1. The third kappa shape index (κ3) is 1.83. The van der Waals surface area contributed by atoms with Crippen molar-refractivity contribution in [3.05, 3.63) is 12.1 Å². The number of hydrogen-bond acceptors (Lipinski definition) is 5. The molecule has 1 aliphatic heterocycles. The lowest BCUT2D eigenvalue weighted by Gasteiger charge is -2.45. The van der Waals surface area contributed by atoms with Gasteiger partial charge in [-0.05, 0) is 26.0 Å². The van der Waals surface area contributed by atoms with Gasteiger partial charge in [-0.3, -0.25) is 4.79 Å². The minimum absolute atomic E-state index is 0.0750. The fourth-order valence-electron chi connectivity index (χ4n) is 2.24. The van der Waals surface area contributed by atoms with Crippen LogP contribution in [0.3, 0.4) is 0 Å². The number of carbonyl (C=O) groups is 1. The van der Waals surface area contributed by atoms with E-state index in [1.165, 1.54) is 0 Å². The highest BCUT2D eigenvalue weighted by molar-refractivity contribution is 5.90. The van der Waals surface area contributed by atoms with Gasteiger partial charge in [0.25, 0.3) is 0 Å². The van der Waals surface area contributed by atoms with E-state index >= 15 is 0 Å². The first-order valence-electron chi connectivity index (χ1n) is 5.89. The normalized spacial score (nSPS) is 19.2. The van der Waals surface area contributed by atoms with Crippen LogP contribution < -0.4 is 16.4 Å². The zero-order valence-corrected chi connectivity index (χ0v) is 11.0. The van der Waals surface area contributed by atoms with E-state index in [2.05, 4.69) is 4.98 Å². The van der Waals surface area contributed by atoms with E-state index in [9.17, 15) is 4.79 Å². The van der Waals surface area contributed by atoms with Crippen LogP contribution in [-0.4, -0.2) is 41.5 Å². The molecule has 0 aliphatic carbocycles. The Labute approximate surface area is 107 Å². The van der Waals surface area contributed by atoms with Crippen molar-refractivity contribution in [2.24, 2.45) is 0 Å². The van der Waals surface area contributed by atoms with Crippen molar-refractivity contribution in [3.8, 4) is 0 Å². The second kappa shape index (κ2) is 4.04. The summed E-state index contributed by atoms with van der Waals surface area (Å²) in [6.45, 7) is 5.18. The summed E-state index contributed by atoms with van der Waals surface area (Å²) < 4.78 is 0. The molecule has 0 saturated carbocycles. The van der Waals surface area contributed by atoms with Gasteiger partial charge in [0.15, 0.2) is 0 Å². The molecular formula is C12H19N5O. The van der Waals surface area contributed by atoms with Crippen molar-refractivity contribution in [1.82, 2.24) is 9.88 Å². The van der Waals surface area contributed by atoms with Gasteiger partial charge in [0.1, 0.15) is 17.2 Å². The highest BCUT2D eigenvalue weighted by Crippen LogP contribution is 2.28. The van der Waals surface area contributed by atoms with Gasteiger partial charge >= 0.3 is 0 Å². The summed E-state index contributed by atoms with van der Waals surface area (Å²) in [6, 6.07) is 3.52. The third-order valence-corrected chi connectivity index (χ3v) is 3.42. The Morgan fingerprint density at radius 1 is 1.28 bits per heavy atom. The zero-order valence-electron chi connectivity index (χ0n) is 11.0. The maximum absolute atomic E-state index is 12.2. The van der Waals surface area contributed by atoms with Crippen LogP contribution in [0.2, 0.25) is 0 Å². The number of carbonyl (C=O) groups excluding carboxylic acids is 1. The van der Waals surface area contributed by atoms with Gasteiger partial charge in [-0.15, -0.1) is 0 Å². The Hall–Kier alpha value is -1.98. The van der Waals surface area contributed by atoms with E-state index in [0.717, 1.165) is 6.54 Å². The summed E-state index contributed by atoms with van der Waals surface area (Å²) in [5.41, 5.74) is 11.2. The average Bonchev–Trinajstić information content (AvgIpc) is 2.30. The summed E-state index contributed by atoms with van der Waals surface area (Å²) in [5, 5.41) is 0. The number of nitrogens with zero attached hydrogens (tertiary/aromatic N) is 3. The van der Waals surface area contributed by atoms with Crippen LogP contribution in [0.1, 0.15) is 13.8 Å². The van der Waals surface area contributed by atoms with Gasteiger partial charge in [0, 0.05) is 20.1 Å². The average molecular weight is 249 g/mol. The Morgan fingerprint density at radius 3 is 2.56 bits per heavy atom. The van der Waals surface area contributed by atoms with Gasteiger partial charge in [-0.25, -0.2) is 4.98 Å². The number of anilines is 3. The second-order valence-corrected chi connectivity index (χ2v) is 5.08. The van der Waals surface area contributed by atoms with Crippen molar-refractivity contribution in [2.75, 3.05) is 36.5 Å². The highest BCUT2D eigenvalue weighted by atomic mass is 16.2. The summed E-state index contributed by atoms with van der Waals surface area (Å²) in [4.78, 5) is 20.1. The zero-order chi connectivity index (χ0) is 13.5. The smallest absolute Gasteiger partial charge is 0.247 e. The summed E-state index contributed by atoms with van der Waals surface area (Å²) in [7, 11) is 1.81. The lowest BCUT2D eigenvalue weighted by Crippen LogP contribution is -2.62. The standard InChI is InChI=1S/C12H19N5O/c1-12(2)11(18)16(3)6-7-17(12)9-5-4-8(13)10(14)15-9/h4-5H,6-7,13H2,1-3H3,(H2,14,15). The molecule has 1 amide bonds. The van der Waals surface area contributed by atoms with Crippen LogP contribution in [0.25, 0.3) is 0 Å². The van der Waals surface area contributed by atoms with Crippen LogP contribution >= 0.6 is 0 Å². The molecule has 2 rings (SSSR count). The molecule has 1 fully saturated rings. The first-order chi connectivity index (χ1) is 8.34. The number of hydrogen-bond donors (Lipinski definition) is 2. The first-order valence-corrected chi connectivity index (χ1v) is 5.89. The number of amides is 1. The molecule has 0 atom stereocenters. The minimum atomic E-state index is -0.622. The lowest BCUT2D eigenvalue weighted by molar-refractivity contribution is -0.136. The SMILES string of the molecule is CN1CCN(c2ccc(N)c(N)n2)C(C)(C)C1=O. The monoisotopic (exact) mass is 249 g/mol. The number of aromatic nitrogens is 1.